The Hall–Kier alpha value is -3.16. The Balaban J connectivity index is 1.54. The van der Waals surface area contributed by atoms with Crippen LogP contribution in [0, 0.1) is 6.92 Å². The molecule has 1 N–H and O–H groups in total. The minimum Gasteiger partial charge on any atom is -0.486 e. The van der Waals surface area contributed by atoms with Crippen LogP contribution in [0.1, 0.15) is 34.8 Å². The number of hydrogen-bond acceptors (Lipinski definition) is 6. The number of rotatable bonds is 3. The molecule has 1 aliphatic rings. The number of fused-ring (bicyclic) bond motifs is 2. The van der Waals surface area contributed by atoms with Crippen molar-refractivity contribution in [3.05, 3.63) is 47.5 Å². The zero-order valence-electron chi connectivity index (χ0n) is 13.9. The van der Waals surface area contributed by atoms with E-state index in [0.29, 0.717) is 24.7 Å². The van der Waals surface area contributed by atoms with Crippen LogP contribution in [0.25, 0.3) is 5.78 Å². The fraction of sp³-hybridized carbons (Fsp3) is 0.294. The molecule has 25 heavy (non-hydrogen) atoms. The van der Waals surface area contributed by atoms with E-state index in [9.17, 15) is 4.79 Å². The zero-order chi connectivity index (χ0) is 17.4. The van der Waals surface area contributed by atoms with Crippen molar-refractivity contribution >= 4 is 11.7 Å². The molecule has 4 rings (SSSR count). The molecule has 3 heterocycles. The first-order chi connectivity index (χ1) is 12.1. The number of carbonyl (C=O) groups is 1. The second kappa shape index (κ2) is 6.04. The topological polar surface area (TPSA) is 90.6 Å². The van der Waals surface area contributed by atoms with Gasteiger partial charge in [-0.15, -0.1) is 5.10 Å². The molecular formula is C17H17N5O3. The van der Waals surface area contributed by atoms with Crippen molar-refractivity contribution in [1.29, 1.82) is 0 Å². The van der Waals surface area contributed by atoms with Gasteiger partial charge in [-0.3, -0.25) is 4.79 Å². The van der Waals surface area contributed by atoms with E-state index in [1.165, 1.54) is 0 Å². The fourth-order valence-corrected chi connectivity index (χ4v) is 2.68. The first-order valence-electron chi connectivity index (χ1n) is 8.00. The molecule has 1 aliphatic heterocycles. The van der Waals surface area contributed by atoms with E-state index in [2.05, 4.69) is 20.4 Å². The maximum atomic E-state index is 12.5. The number of nitrogens with one attached hydrogen (secondary N) is 1. The monoisotopic (exact) mass is 339 g/mol. The number of hydrogen-bond donors (Lipinski definition) is 1. The smallest absolute Gasteiger partial charge is 0.291 e. The summed E-state index contributed by atoms with van der Waals surface area (Å²) in [6.07, 6.45) is 1.64. The van der Waals surface area contributed by atoms with Gasteiger partial charge < -0.3 is 14.8 Å². The van der Waals surface area contributed by atoms with E-state index in [4.69, 9.17) is 9.47 Å². The van der Waals surface area contributed by atoms with Gasteiger partial charge in [0, 0.05) is 11.9 Å². The van der Waals surface area contributed by atoms with Gasteiger partial charge in [0.2, 0.25) is 5.82 Å². The predicted molar refractivity (Wildman–Crippen MR) is 88.8 cm³/mol. The zero-order valence-corrected chi connectivity index (χ0v) is 13.9. The lowest BCUT2D eigenvalue weighted by atomic mass is 10.1. The molecular weight excluding hydrogens is 322 g/mol. The van der Waals surface area contributed by atoms with Crippen molar-refractivity contribution in [2.24, 2.45) is 0 Å². The summed E-state index contributed by atoms with van der Waals surface area (Å²) in [5.74, 6) is 1.54. The summed E-state index contributed by atoms with van der Waals surface area (Å²) in [6, 6.07) is 7.21. The van der Waals surface area contributed by atoms with Crippen LogP contribution in [-0.4, -0.2) is 38.7 Å². The van der Waals surface area contributed by atoms with Crippen LogP contribution in [-0.2, 0) is 0 Å². The predicted octanol–water partition coefficient (Wildman–Crippen LogP) is 1.69. The lowest BCUT2D eigenvalue weighted by Gasteiger charge is -2.20. The standard InChI is InChI=1S/C17H17N5O3/c1-10-5-6-18-17-20-15(21-22(10)17)16(23)19-11(2)12-3-4-13-14(9-12)25-8-7-24-13/h3-6,9,11H,7-8H2,1-2H3,(H,19,23). The van der Waals surface area contributed by atoms with Crippen LogP contribution in [0.4, 0.5) is 0 Å². The summed E-state index contributed by atoms with van der Waals surface area (Å²) in [7, 11) is 0. The normalized spacial score (nSPS) is 14.3. The molecule has 1 unspecified atom stereocenters. The largest absolute Gasteiger partial charge is 0.486 e. The Labute approximate surface area is 143 Å². The van der Waals surface area contributed by atoms with Crippen LogP contribution in [0.2, 0.25) is 0 Å². The van der Waals surface area contributed by atoms with Gasteiger partial charge in [0.25, 0.3) is 11.7 Å². The second-order valence-corrected chi connectivity index (χ2v) is 5.83. The Kier molecular flexibility index (Phi) is 3.72. The molecule has 0 aliphatic carbocycles. The number of amides is 1. The molecule has 0 bridgehead atoms. The van der Waals surface area contributed by atoms with Crippen LogP contribution >= 0.6 is 0 Å². The molecule has 1 amide bonds. The molecule has 2 aromatic heterocycles. The molecule has 8 nitrogen and oxygen atoms in total. The lowest BCUT2D eigenvalue weighted by molar-refractivity contribution is 0.0929. The molecule has 8 heteroatoms. The van der Waals surface area contributed by atoms with Gasteiger partial charge in [-0.05, 0) is 37.6 Å². The van der Waals surface area contributed by atoms with Gasteiger partial charge >= 0.3 is 0 Å². The Morgan fingerprint density at radius 3 is 2.84 bits per heavy atom. The highest BCUT2D eigenvalue weighted by Gasteiger charge is 2.19. The quantitative estimate of drug-likeness (QED) is 0.781. The summed E-state index contributed by atoms with van der Waals surface area (Å²) in [6.45, 7) is 4.84. The second-order valence-electron chi connectivity index (χ2n) is 5.83. The SMILES string of the molecule is Cc1ccnc2nc(C(=O)NC(C)c3ccc4c(c3)OCCO4)nn12. The molecule has 3 aromatic rings. The Morgan fingerprint density at radius 2 is 2.04 bits per heavy atom. The maximum absolute atomic E-state index is 12.5. The van der Waals surface area contributed by atoms with Gasteiger partial charge in [0.1, 0.15) is 13.2 Å². The third-order valence-electron chi connectivity index (χ3n) is 4.05. The van der Waals surface area contributed by atoms with Crippen molar-refractivity contribution in [3.63, 3.8) is 0 Å². The third-order valence-corrected chi connectivity index (χ3v) is 4.05. The number of nitrogens with zero attached hydrogens (tertiary/aromatic N) is 4. The average molecular weight is 339 g/mol. The van der Waals surface area contributed by atoms with E-state index >= 15 is 0 Å². The van der Waals surface area contributed by atoms with Gasteiger partial charge in [0.15, 0.2) is 11.5 Å². The number of ether oxygens (including phenoxy) is 2. The molecule has 0 radical (unpaired) electrons. The van der Waals surface area contributed by atoms with E-state index in [1.807, 2.05) is 32.0 Å². The number of carbonyl (C=O) groups excluding carboxylic acids is 1. The van der Waals surface area contributed by atoms with Crippen LogP contribution < -0.4 is 14.8 Å². The molecule has 1 atom stereocenters. The van der Waals surface area contributed by atoms with E-state index in [-0.39, 0.29) is 17.8 Å². The summed E-state index contributed by atoms with van der Waals surface area (Å²) >= 11 is 0. The van der Waals surface area contributed by atoms with Crippen molar-refractivity contribution in [1.82, 2.24) is 24.9 Å². The summed E-state index contributed by atoms with van der Waals surface area (Å²) < 4.78 is 12.6. The van der Waals surface area contributed by atoms with Gasteiger partial charge in [-0.25, -0.2) is 9.50 Å². The Morgan fingerprint density at radius 1 is 1.24 bits per heavy atom. The fourth-order valence-electron chi connectivity index (χ4n) is 2.68. The Bertz CT molecular complexity index is 953. The van der Waals surface area contributed by atoms with Gasteiger partial charge in [-0.1, -0.05) is 6.07 Å². The highest BCUT2D eigenvalue weighted by atomic mass is 16.6. The molecule has 0 fully saturated rings. The minimum atomic E-state index is -0.354. The molecule has 0 saturated heterocycles. The highest BCUT2D eigenvalue weighted by Crippen LogP contribution is 2.32. The molecule has 1 aromatic carbocycles. The first-order valence-corrected chi connectivity index (χ1v) is 8.00. The lowest BCUT2D eigenvalue weighted by Crippen LogP contribution is -2.28. The summed E-state index contributed by atoms with van der Waals surface area (Å²) in [4.78, 5) is 20.7. The number of benzene rings is 1. The van der Waals surface area contributed by atoms with Crippen molar-refractivity contribution in [3.8, 4) is 11.5 Å². The molecule has 128 valence electrons. The third kappa shape index (κ3) is 2.86. The molecule has 0 saturated carbocycles. The van der Waals surface area contributed by atoms with Crippen molar-refractivity contribution in [2.75, 3.05) is 13.2 Å². The summed E-state index contributed by atoms with van der Waals surface area (Å²) in [5.41, 5.74) is 1.77. The van der Waals surface area contributed by atoms with Crippen LogP contribution in [0.3, 0.4) is 0 Å². The van der Waals surface area contributed by atoms with Crippen LogP contribution in [0.5, 0.6) is 11.5 Å². The molecule has 0 spiro atoms. The van der Waals surface area contributed by atoms with Gasteiger partial charge in [-0.2, -0.15) is 4.98 Å². The van der Waals surface area contributed by atoms with E-state index < -0.39 is 0 Å². The maximum Gasteiger partial charge on any atom is 0.291 e. The van der Waals surface area contributed by atoms with E-state index in [0.717, 1.165) is 17.0 Å². The van der Waals surface area contributed by atoms with Crippen molar-refractivity contribution < 1.29 is 14.3 Å². The minimum absolute atomic E-state index is 0.0891. The average Bonchev–Trinajstić information content (AvgIpc) is 3.07. The number of aryl methyl sites for hydroxylation is 1. The van der Waals surface area contributed by atoms with E-state index in [1.54, 1.807) is 16.8 Å². The van der Waals surface area contributed by atoms with Crippen LogP contribution in [0.15, 0.2) is 30.5 Å². The number of aromatic nitrogens is 4. The highest BCUT2D eigenvalue weighted by molar-refractivity contribution is 5.91. The van der Waals surface area contributed by atoms with Gasteiger partial charge in [0.05, 0.1) is 6.04 Å². The summed E-state index contributed by atoms with van der Waals surface area (Å²) in [5, 5.41) is 7.11. The van der Waals surface area contributed by atoms with Crippen molar-refractivity contribution in [2.45, 2.75) is 19.9 Å². The first kappa shape index (κ1) is 15.4.